The summed E-state index contributed by atoms with van der Waals surface area (Å²) < 4.78 is 0. The Balaban J connectivity index is 1.86. The minimum Gasteiger partial charge on any atom is -0.392 e. The number of aryl methyl sites for hydroxylation is 2. The third-order valence-electron chi connectivity index (χ3n) is 3.61. The van der Waals surface area contributed by atoms with Gasteiger partial charge in [0, 0.05) is 12.1 Å². The largest absolute Gasteiger partial charge is 0.392 e. The molecular weight excluding hydrogens is 333 g/mol. The number of nitrogens with one attached hydrogen (secondary N) is 1. The van der Waals surface area contributed by atoms with Crippen molar-refractivity contribution in [2.45, 2.75) is 32.8 Å². The Morgan fingerprint density at radius 2 is 1.83 bits per heavy atom. The lowest BCUT2D eigenvalue weighted by Gasteiger charge is -2.10. The van der Waals surface area contributed by atoms with E-state index in [0.29, 0.717) is 16.5 Å². The second-order valence-corrected chi connectivity index (χ2v) is 6.27. The molecule has 0 unspecified atom stereocenters. The highest BCUT2D eigenvalue weighted by Gasteiger charge is 2.07. The summed E-state index contributed by atoms with van der Waals surface area (Å²) in [6, 6.07) is 11.0. The standard InChI is InChI=1S/C18H19Cl2NO2/c1-12-5-6-14(11-22)10-17(12)21-18(23)4-2-3-13-7-8-15(19)16(20)9-13/h5-10,22H,2-4,11H2,1H3,(H,21,23). The fourth-order valence-electron chi connectivity index (χ4n) is 2.26. The van der Waals surface area contributed by atoms with Crippen molar-refractivity contribution in [2.24, 2.45) is 0 Å². The zero-order valence-corrected chi connectivity index (χ0v) is 14.4. The van der Waals surface area contributed by atoms with Crippen LogP contribution in [-0.2, 0) is 17.8 Å². The van der Waals surface area contributed by atoms with Crippen LogP contribution < -0.4 is 5.32 Å². The van der Waals surface area contributed by atoms with Crippen LogP contribution in [0.1, 0.15) is 29.5 Å². The van der Waals surface area contributed by atoms with Crippen LogP contribution in [0.3, 0.4) is 0 Å². The van der Waals surface area contributed by atoms with Crippen molar-refractivity contribution in [1.82, 2.24) is 0 Å². The number of aliphatic hydroxyl groups excluding tert-OH is 1. The van der Waals surface area contributed by atoms with E-state index in [4.69, 9.17) is 28.3 Å². The number of anilines is 1. The van der Waals surface area contributed by atoms with Gasteiger partial charge in [-0.05, 0) is 54.7 Å². The first-order valence-electron chi connectivity index (χ1n) is 7.44. The SMILES string of the molecule is Cc1ccc(CO)cc1NC(=O)CCCc1ccc(Cl)c(Cl)c1. The number of halogens is 2. The third-order valence-corrected chi connectivity index (χ3v) is 4.35. The van der Waals surface area contributed by atoms with Gasteiger partial charge in [0.25, 0.3) is 0 Å². The van der Waals surface area contributed by atoms with Crippen LogP contribution >= 0.6 is 23.2 Å². The maximum atomic E-state index is 12.1. The Morgan fingerprint density at radius 3 is 2.52 bits per heavy atom. The minimum atomic E-state index is -0.0412. The summed E-state index contributed by atoms with van der Waals surface area (Å²) in [5, 5.41) is 13.1. The number of aliphatic hydroxyl groups is 1. The Bertz CT molecular complexity index is 701. The molecule has 0 aliphatic heterocycles. The van der Waals surface area contributed by atoms with Gasteiger partial charge in [-0.1, -0.05) is 41.4 Å². The van der Waals surface area contributed by atoms with Crippen LogP contribution in [0.4, 0.5) is 5.69 Å². The van der Waals surface area contributed by atoms with E-state index in [0.717, 1.165) is 35.2 Å². The lowest BCUT2D eigenvalue weighted by atomic mass is 10.1. The minimum absolute atomic E-state index is 0.0387. The van der Waals surface area contributed by atoms with Crippen molar-refractivity contribution >= 4 is 34.8 Å². The van der Waals surface area contributed by atoms with Gasteiger partial charge in [0.2, 0.25) is 5.91 Å². The van der Waals surface area contributed by atoms with Gasteiger partial charge >= 0.3 is 0 Å². The second-order valence-electron chi connectivity index (χ2n) is 5.46. The molecule has 5 heteroatoms. The van der Waals surface area contributed by atoms with Crippen molar-refractivity contribution in [3.63, 3.8) is 0 Å². The molecule has 0 aromatic heterocycles. The zero-order chi connectivity index (χ0) is 16.8. The first-order chi connectivity index (χ1) is 11.0. The number of amides is 1. The Morgan fingerprint density at radius 1 is 1.09 bits per heavy atom. The van der Waals surface area contributed by atoms with E-state index in [2.05, 4.69) is 5.32 Å². The summed E-state index contributed by atoms with van der Waals surface area (Å²) in [6.45, 7) is 1.88. The van der Waals surface area contributed by atoms with Crippen LogP contribution in [0, 0.1) is 6.92 Å². The van der Waals surface area contributed by atoms with Gasteiger partial charge in [-0.2, -0.15) is 0 Å². The molecule has 0 radical (unpaired) electrons. The van der Waals surface area contributed by atoms with Crippen molar-refractivity contribution < 1.29 is 9.90 Å². The number of carbonyl (C=O) groups excluding carboxylic acids is 1. The summed E-state index contributed by atoms with van der Waals surface area (Å²) in [7, 11) is 0. The Labute approximate surface area is 146 Å². The fourth-order valence-corrected chi connectivity index (χ4v) is 2.58. The highest BCUT2D eigenvalue weighted by atomic mass is 35.5. The van der Waals surface area contributed by atoms with Crippen molar-refractivity contribution in [2.75, 3.05) is 5.32 Å². The summed E-state index contributed by atoms with van der Waals surface area (Å²) >= 11 is 11.9. The van der Waals surface area contributed by atoms with Gasteiger partial charge in [0.15, 0.2) is 0 Å². The lowest BCUT2D eigenvalue weighted by Crippen LogP contribution is -2.12. The molecule has 2 N–H and O–H groups in total. The molecule has 0 saturated heterocycles. The molecule has 0 bridgehead atoms. The molecule has 3 nitrogen and oxygen atoms in total. The van der Waals surface area contributed by atoms with Crippen molar-refractivity contribution in [3.05, 3.63) is 63.1 Å². The Kier molecular flexibility index (Phi) is 6.46. The zero-order valence-electron chi connectivity index (χ0n) is 12.9. The van der Waals surface area contributed by atoms with Gasteiger partial charge in [-0.15, -0.1) is 0 Å². The van der Waals surface area contributed by atoms with Gasteiger partial charge in [-0.25, -0.2) is 0 Å². The predicted molar refractivity (Wildman–Crippen MR) is 95.1 cm³/mol. The molecule has 23 heavy (non-hydrogen) atoms. The molecule has 2 aromatic carbocycles. The lowest BCUT2D eigenvalue weighted by molar-refractivity contribution is -0.116. The first-order valence-corrected chi connectivity index (χ1v) is 8.19. The van der Waals surface area contributed by atoms with Crippen LogP contribution in [0.15, 0.2) is 36.4 Å². The molecule has 0 aliphatic carbocycles. The number of carbonyl (C=O) groups is 1. The summed E-state index contributed by atoms with van der Waals surface area (Å²) in [6.07, 6.45) is 1.91. The highest BCUT2D eigenvalue weighted by Crippen LogP contribution is 2.23. The molecule has 0 atom stereocenters. The van der Waals surface area contributed by atoms with Crippen molar-refractivity contribution in [3.8, 4) is 0 Å². The molecule has 0 heterocycles. The van der Waals surface area contributed by atoms with Gasteiger partial charge in [-0.3, -0.25) is 4.79 Å². The van der Waals surface area contributed by atoms with Crippen LogP contribution in [0.5, 0.6) is 0 Å². The van der Waals surface area contributed by atoms with Gasteiger partial charge in [0.05, 0.1) is 16.7 Å². The number of benzene rings is 2. The van der Waals surface area contributed by atoms with E-state index in [1.54, 1.807) is 12.1 Å². The molecule has 1 amide bonds. The van der Waals surface area contributed by atoms with E-state index in [1.807, 2.05) is 31.2 Å². The summed E-state index contributed by atoms with van der Waals surface area (Å²) in [5.74, 6) is -0.0387. The van der Waals surface area contributed by atoms with Gasteiger partial charge in [0.1, 0.15) is 0 Å². The molecule has 0 fully saturated rings. The van der Waals surface area contributed by atoms with Crippen LogP contribution in [0.2, 0.25) is 10.0 Å². The van der Waals surface area contributed by atoms with E-state index >= 15 is 0 Å². The maximum Gasteiger partial charge on any atom is 0.224 e. The molecule has 2 rings (SSSR count). The molecule has 2 aromatic rings. The molecule has 122 valence electrons. The van der Waals surface area contributed by atoms with E-state index in [-0.39, 0.29) is 12.5 Å². The Hall–Kier alpha value is -1.55. The molecule has 0 saturated carbocycles. The van der Waals surface area contributed by atoms with Crippen molar-refractivity contribution in [1.29, 1.82) is 0 Å². The van der Waals surface area contributed by atoms with E-state index in [1.165, 1.54) is 0 Å². The third kappa shape index (κ3) is 5.24. The van der Waals surface area contributed by atoms with Gasteiger partial charge < -0.3 is 10.4 Å². The maximum absolute atomic E-state index is 12.1. The number of hydrogen-bond donors (Lipinski definition) is 2. The molecule has 0 spiro atoms. The predicted octanol–water partition coefficient (Wildman–Crippen LogP) is 4.76. The van der Waals surface area contributed by atoms with Crippen LogP contribution in [-0.4, -0.2) is 11.0 Å². The number of hydrogen-bond acceptors (Lipinski definition) is 2. The quantitative estimate of drug-likeness (QED) is 0.788. The number of rotatable bonds is 6. The van der Waals surface area contributed by atoms with E-state index in [9.17, 15) is 4.79 Å². The average molecular weight is 352 g/mol. The highest BCUT2D eigenvalue weighted by molar-refractivity contribution is 6.42. The second kappa shape index (κ2) is 8.34. The topological polar surface area (TPSA) is 49.3 Å². The fraction of sp³-hybridized carbons (Fsp3) is 0.278. The van der Waals surface area contributed by atoms with Crippen LogP contribution in [0.25, 0.3) is 0 Å². The molecular formula is C18H19Cl2NO2. The first kappa shape index (κ1) is 17.8. The normalized spacial score (nSPS) is 10.6. The molecule has 0 aliphatic rings. The summed E-state index contributed by atoms with van der Waals surface area (Å²) in [5.41, 5.74) is 3.56. The average Bonchev–Trinajstić information content (AvgIpc) is 2.53. The smallest absolute Gasteiger partial charge is 0.224 e. The van der Waals surface area contributed by atoms with E-state index < -0.39 is 0 Å². The summed E-state index contributed by atoms with van der Waals surface area (Å²) in [4.78, 5) is 12.1. The monoisotopic (exact) mass is 351 g/mol.